The van der Waals surface area contributed by atoms with Crippen LogP contribution in [-0.2, 0) is 10.8 Å². The van der Waals surface area contributed by atoms with Crippen molar-refractivity contribution in [3.63, 3.8) is 0 Å². The lowest BCUT2D eigenvalue weighted by Crippen LogP contribution is -2.54. The second-order valence-electron chi connectivity index (χ2n) is 14.9. The Hall–Kier alpha value is -4.88. The minimum absolute atomic E-state index is 0.0327. The van der Waals surface area contributed by atoms with E-state index in [1.165, 1.54) is 92.7 Å². The molecule has 0 aromatic heterocycles. The van der Waals surface area contributed by atoms with Gasteiger partial charge in [0.25, 0.3) is 0 Å². The predicted octanol–water partition coefficient (Wildman–Crippen LogP) is 12.1. The highest BCUT2D eigenvalue weighted by molar-refractivity contribution is 5.91. The topological polar surface area (TPSA) is 3.24 Å². The van der Waals surface area contributed by atoms with Crippen LogP contribution in [0, 0.1) is 13.8 Å². The Bertz CT molecular complexity index is 2140. The van der Waals surface area contributed by atoms with E-state index in [4.69, 9.17) is 0 Å². The molecule has 0 bridgehead atoms. The Kier molecular flexibility index (Phi) is 6.44. The standard InChI is InChI=1S/C47H43N/c1-32-30-39(33(2)43-44(32)48(37-22-12-7-13-23-37)46(4)29-17-16-28-45(43,46)3)34-26-27-42-40(31-34)38-24-14-15-25-41(38)47(42,35-18-8-5-9-19-35)36-20-10-6-11-21-36/h5-15,18-27,30-31H,16-17,28-29H2,1-4H3. The number of hydrogen-bond donors (Lipinski definition) is 0. The lowest BCUT2D eigenvalue weighted by molar-refractivity contribution is 0.194. The van der Waals surface area contributed by atoms with Crippen LogP contribution in [0.15, 0.2) is 140 Å². The van der Waals surface area contributed by atoms with E-state index in [0.717, 1.165) is 0 Å². The SMILES string of the molecule is Cc1cc(-c2ccc3c(c2)-c2ccccc2C3(c2ccccc2)c2ccccc2)c(C)c2c1N(c1ccccc1)C1(C)CCCCC21C. The van der Waals surface area contributed by atoms with Crippen molar-refractivity contribution in [1.82, 2.24) is 0 Å². The van der Waals surface area contributed by atoms with Crippen molar-refractivity contribution in [3.05, 3.63) is 178 Å². The molecule has 1 aliphatic heterocycles. The summed E-state index contributed by atoms with van der Waals surface area (Å²) in [4.78, 5) is 2.72. The molecular formula is C47H43N. The molecule has 2 aliphatic carbocycles. The lowest BCUT2D eigenvalue weighted by Gasteiger charge is -2.50. The van der Waals surface area contributed by atoms with E-state index in [-0.39, 0.29) is 16.4 Å². The van der Waals surface area contributed by atoms with Crippen LogP contribution in [0.1, 0.15) is 78.5 Å². The van der Waals surface area contributed by atoms with Crippen LogP contribution >= 0.6 is 0 Å². The average molecular weight is 622 g/mol. The van der Waals surface area contributed by atoms with Gasteiger partial charge in [-0.15, -0.1) is 0 Å². The van der Waals surface area contributed by atoms with Gasteiger partial charge in [-0.25, -0.2) is 0 Å². The molecule has 3 aliphatic rings. The summed E-state index contributed by atoms with van der Waals surface area (Å²) >= 11 is 0. The van der Waals surface area contributed by atoms with Gasteiger partial charge in [-0.2, -0.15) is 0 Å². The number of fused-ring (bicyclic) bond motifs is 6. The minimum atomic E-state index is -0.372. The number of anilines is 2. The molecular weight excluding hydrogens is 579 g/mol. The summed E-state index contributed by atoms with van der Waals surface area (Å²) in [6.07, 6.45) is 4.99. The average Bonchev–Trinajstić information content (AvgIpc) is 3.55. The zero-order valence-corrected chi connectivity index (χ0v) is 28.6. The van der Waals surface area contributed by atoms with E-state index in [1.54, 1.807) is 5.56 Å². The van der Waals surface area contributed by atoms with Crippen molar-refractivity contribution in [2.24, 2.45) is 0 Å². The van der Waals surface area contributed by atoms with Crippen LogP contribution in [0.3, 0.4) is 0 Å². The molecule has 236 valence electrons. The maximum atomic E-state index is 2.72. The first-order valence-corrected chi connectivity index (χ1v) is 17.8. The fraction of sp³-hybridized carbons (Fsp3) is 0.234. The first-order valence-electron chi connectivity index (χ1n) is 17.8. The number of nitrogens with zero attached hydrogens (tertiary/aromatic N) is 1. The molecule has 2 atom stereocenters. The summed E-state index contributed by atoms with van der Waals surface area (Å²) in [7, 11) is 0. The lowest BCUT2D eigenvalue weighted by atomic mass is 9.60. The van der Waals surface area contributed by atoms with E-state index in [0.29, 0.717) is 0 Å². The molecule has 6 aromatic rings. The molecule has 6 aromatic carbocycles. The zero-order valence-electron chi connectivity index (χ0n) is 28.6. The van der Waals surface area contributed by atoms with E-state index >= 15 is 0 Å². The second kappa shape index (κ2) is 10.6. The van der Waals surface area contributed by atoms with E-state index in [2.05, 4.69) is 172 Å². The van der Waals surface area contributed by atoms with Crippen LogP contribution in [0.5, 0.6) is 0 Å². The van der Waals surface area contributed by atoms with Crippen molar-refractivity contribution in [2.45, 2.75) is 69.7 Å². The third kappa shape index (κ3) is 3.73. The van der Waals surface area contributed by atoms with Crippen LogP contribution < -0.4 is 4.90 Å². The highest BCUT2D eigenvalue weighted by atomic mass is 15.3. The highest BCUT2D eigenvalue weighted by Gasteiger charge is 2.59. The zero-order chi connectivity index (χ0) is 32.7. The molecule has 9 rings (SSSR count). The molecule has 48 heavy (non-hydrogen) atoms. The summed E-state index contributed by atoms with van der Waals surface area (Å²) < 4.78 is 0. The van der Waals surface area contributed by atoms with Crippen molar-refractivity contribution in [2.75, 3.05) is 4.90 Å². The second-order valence-corrected chi connectivity index (χ2v) is 14.9. The van der Waals surface area contributed by atoms with Crippen molar-refractivity contribution >= 4 is 11.4 Å². The molecule has 1 saturated carbocycles. The summed E-state index contributed by atoms with van der Waals surface area (Å²) in [6, 6.07) is 52.3. The maximum Gasteiger partial charge on any atom is 0.0713 e. The van der Waals surface area contributed by atoms with Gasteiger partial charge < -0.3 is 4.90 Å². The van der Waals surface area contributed by atoms with Crippen LogP contribution in [0.2, 0.25) is 0 Å². The molecule has 2 unspecified atom stereocenters. The van der Waals surface area contributed by atoms with Gasteiger partial charge in [0.15, 0.2) is 0 Å². The molecule has 1 heterocycles. The normalized spacial score (nSPS) is 21.7. The van der Waals surface area contributed by atoms with Gasteiger partial charge in [0.1, 0.15) is 0 Å². The number of rotatable bonds is 4. The third-order valence-electron chi connectivity index (χ3n) is 12.6. The smallest absolute Gasteiger partial charge is 0.0713 e. The van der Waals surface area contributed by atoms with E-state index in [9.17, 15) is 0 Å². The minimum Gasteiger partial charge on any atom is -0.334 e. The number of para-hydroxylation sites is 1. The predicted molar refractivity (Wildman–Crippen MR) is 201 cm³/mol. The fourth-order valence-electron chi connectivity index (χ4n) is 10.3. The Morgan fingerprint density at radius 2 is 1.12 bits per heavy atom. The first kappa shape index (κ1) is 29.3. The molecule has 0 N–H and O–H groups in total. The van der Waals surface area contributed by atoms with Crippen LogP contribution in [-0.4, -0.2) is 5.54 Å². The van der Waals surface area contributed by atoms with Crippen LogP contribution in [0.4, 0.5) is 11.4 Å². The molecule has 1 nitrogen and oxygen atoms in total. The van der Waals surface area contributed by atoms with E-state index in [1.807, 2.05) is 0 Å². The van der Waals surface area contributed by atoms with Crippen LogP contribution in [0.25, 0.3) is 22.3 Å². The largest absolute Gasteiger partial charge is 0.334 e. The van der Waals surface area contributed by atoms with Gasteiger partial charge in [0, 0.05) is 16.8 Å². The van der Waals surface area contributed by atoms with Crippen molar-refractivity contribution < 1.29 is 0 Å². The molecule has 0 spiro atoms. The van der Waals surface area contributed by atoms with Gasteiger partial charge in [0.05, 0.1) is 11.0 Å². The summed E-state index contributed by atoms with van der Waals surface area (Å²) in [5, 5.41) is 0. The monoisotopic (exact) mass is 621 g/mol. The molecule has 0 radical (unpaired) electrons. The summed E-state index contributed by atoms with van der Waals surface area (Å²) in [6.45, 7) is 9.86. The molecule has 1 fully saturated rings. The molecule has 0 saturated heterocycles. The molecule has 1 heteroatoms. The van der Waals surface area contributed by atoms with Crippen molar-refractivity contribution in [1.29, 1.82) is 0 Å². The fourth-order valence-corrected chi connectivity index (χ4v) is 10.3. The molecule has 0 amide bonds. The van der Waals surface area contributed by atoms with Gasteiger partial charge >= 0.3 is 0 Å². The van der Waals surface area contributed by atoms with Gasteiger partial charge in [0.2, 0.25) is 0 Å². The third-order valence-corrected chi connectivity index (χ3v) is 12.6. The Labute approximate surface area is 285 Å². The number of aryl methyl sites for hydroxylation is 1. The van der Waals surface area contributed by atoms with Gasteiger partial charge in [-0.1, -0.05) is 135 Å². The number of benzene rings is 6. The maximum absolute atomic E-state index is 2.72. The highest BCUT2D eigenvalue weighted by Crippen LogP contribution is 2.63. The van der Waals surface area contributed by atoms with Gasteiger partial charge in [-0.3, -0.25) is 0 Å². The summed E-state index contributed by atoms with van der Waals surface area (Å²) in [5.41, 5.74) is 17.6. The Balaban J connectivity index is 1.29. The summed E-state index contributed by atoms with van der Waals surface area (Å²) in [5.74, 6) is 0. The van der Waals surface area contributed by atoms with E-state index < -0.39 is 0 Å². The number of hydrogen-bond acceptors (Lipinski definition) is 1. The van der Waals surface area contributed by atoms with Gasteiger partial charge in [-0.05, 0) is 119 Å². The quantitative estimate of drug-likeness (QED) is 0.189. The Morgan fingerprint density at radius 1 is 0.542 bits per heavy atom. The first-order chi connectivity index (χ1) is 23.4. The van der Waals surface area contributed by atoms with Crippen molar-refractivity contribution in [3.8, 4) is 22.3 Å². The Morgan fingerprint density at radius 3 is 1.81 bits per heavy atom.